The van der Waals surface area contributed by atoms with Crippen molar-refractivity contribution in [1.82, 2.24) is 9.55 Å². The van der Waals surface area contributed by atoms with Gasteiger partial charge < -0.3 is 9.64 Å². The number of carbonyl (C=O) groups excluding carboxylic acids is 3. The average molecular weight is 525 g/mol. The number of carbonyl (C=O) groups is 3. The van der Waals surface area contributed by atoms with E-state index in [4.69, 9.17) is 9.57 Å². The topological polar surface area (TPSA) is 72.9 Å². The number of thiophene rings is 1. The van der Waals surface area contributed by atoms with E-state index in [1.165, 1.54) is 23.1 Å². The Labute approximate surface area is 199 Å². The lowest BCUT2D eigenvalue weighted by Crippen LogP contribution is -2.63. The van der Waals surface area contributed by atoms with E-state index in [9.17, 15) is 40.7 Å². The van der Waals surface area contributed by atoms with E-state index >= 15 is 0 Å². The van der Waals surface area contributed by atoms with Crippen LogP contribution in [0.4, 0.5) is 32.0 Å². The lowest BCUT2D eigenvalue weighted by Gasteiger charge is -2.41. The molecule has 35 heavy (non-hydrogen) atoms. The van der Waals surface area contributed by atoms with Crippen LogP contribution in [-0.4, -0.2) is 67.7 Å². The zero-order chi connectivity index (χ0) is 26.0. The maximum Gasteiger partial charge on any atom is 0.497 e. The Morgan fingerprint density at radius 1 is 0.943 bits per heavy atom. The number of rotatable bonds is 6. The molecule has 0 saturated carbocycles. The summed E-state index contributed by atoms with van der Waals surface area (Å²) in [7, 11) is 0. The minimum atomic E-state index is -5.27. The van der Waals surface area contributed by atoms with E-state index in [0.29, 0.717) is 11.3 Å². The summed E-state index contributed by atoms with van der Waals surface area (Å²) in [5, 5.41) is 0. The quantitative estimate of drug-likeness (QED) is 0.318. The van der Waals surface area contributed by atoms with Crippen LogP contribution in [0.25, 0.3) is 0 Å². The number of hydrogen-bond acceptors (Lipinski definition) is 6. The average Bonchev–Trinajstić information content (AvgIpc) is 3.28. The number of nitrogens with zero attached hydrogens (tertiary/aromatic N) is 2. The minimum Gasteiger partial charge on any atom is -0.488 e. The van der Waals surface area contributed by atoms with Gasteiger partial charge in [-0.25, -0.2) is 4.79 Å². The number of amides is 1. The van der Waals surface area contributed by atoms with Crippen LogP contribution in [0.15, 0.2) is 36.4 Å². The number of halogens is 6. The van der Waals surface area contributed by atoms with Crippen LogP contribution >= 0.6 is 11.3 Å². The highest BCUT2D eigenvalue weighted by atomic mass is 32.1. The molecule has 1 amide bonds. The van der Waals surface area contributed by atoms with Crippen LogP contribution < -0.4 is 9.38 Å². The van der Waals surface area contributed by atoms with Gasteiger partial charge in [-0.3, -0.25) is 14.4 Å². The highest BCUT2D eigenvalue weighted by molar-refractivity contribution is 7.16. The Kier molecular flexibility index (Phi) is 7.45. The third-order valence-electron chi connectivity index (χ3n) is 5.14. The molecule has 0 radical (unpaired) electrons. The third-order valence-corrected chi connectivity index (χ3v) is 6.21. The fourth-order valence-electron chi connectivity index (χ4n) is 3.52. The third kappa shape index (κ3) is 5.75. The van der Waals surface area contributed by atoms with E-state index in [2.05, 4.69) is 0 Å². The minimum absolute atomic E-state index is 0.139. The fourth-order valence-corrected chi connectivity index (χ4v) is 4.46. The van der Waals surface area contributed by atoms with Gasteiger partial charge in [0.05, 0.1) is 29.5 Å². The number of hydroxylamine groups is 2. The molecule has 1 aliphatic heterocycles. The Morgan fingerprint density at radius 3 is 2.11 bits per heavy atom. The first kappa shape index (κ1) is 26.5. The van der Waals surface area contributed by atoms with Gasteiger partial charge >= 0.3 is 18.3 Å². The number of ether oxygens (including phenoxy) is 1. The molecule has 0 N–H and O–H groups in total. The lowest BCUT2D eigenvalue weighted by atomic mass is 10.2. The molecule has 0 spiro atoms. The van der Waals surface area contributed by atoms with Crippen LogP contribution in [0.2, 0.25) is 0 Å². The number of hydrogen-bond donors (Lipinski definition) is 0. The molecule has 1 aromatic carbocycles. The lowest BCUT2D eigenvalue weighted by molar-refractivity contribution is -0.238. The molecule has 7 nitrogen and oxygen atoms in total. The van der Waals surface area contributed by atoms with Crippen molar-refractivity contribution < 1.29 is 50.3 Å². The molecular weight excluding hydrogens is 506 g/mol. The highest BCUT2D eigenvalue weighted by Crippen LogP contribution is 2.37. The van der Waals surface area contributed by atoms with Gasteiger partial charge in [0.1, 0.15) is 13.1 Å². The normalized spacial score (nSPS) is 16.0. The summed E-state index contributed by atoms with van der Waals surface area (Å²) in [6.45, 7) is 0.912. The van der Waals surface area contributed by atoms with E-state index in [-0.39, 0.29) is 49.1 Å². The largest absolute Gasteiger partial charge is 0.497 e. The highest BCUT2D eigenvalue weighted by Gasteiger charge is 2.51. The molecule has 0 aliphatic carbocycles. The zero-order valence-electron chi connectivity index (χ0n) is 18.1. The Balaban J connectivity index is 1.85. The summed E-state index contributed by atoms with van der Waals surface area (Å²) in [4.78, 5) is 41.3. The number of quaternary nitrogens is 1. The summed E-state index contributed by atoms with van der Waals surface area (Å²) in [6, 6.07) is 8.04. The summed E-state index contributed by atoms with van der Waals surface area (Å²) >= 11 is 0.369. The molecule has 1 fully saturated rings. The molecule has 3 rings (SSSR count). The van der Waals surface area contributed by atoms with Gasteiger partial charge in [0.2, 0.25) is 5.69 Å². The second-order valence-corrected chi connectivity index (χ2v) is 8.48. The second kappa shape index (κ2) is 9.85. The summed E-state index contributed by atoms with van der Waals surface area (Å²) < 4.78 is 81.6. The molecule has 190 valence electrons. The SMILES string of the molecule is CCOc1ccccc1[N+]1(OC(=O)C(F)(F)F)CCN(C(=O)c2ccc(C(=O)C(F)(F)F)s2)CC1. The maximum atomic E-state index is 13.0. The van der Waals surface area contributed by atoms with Crippen LogP contribution in [-0.2, 0) is 9.63 Å². The molecule has 0 atom stereocenters. The van der Waals surface area contributed by atoms with Gasteiger partial charge in [0, 0.05) is 6.07 Å². The van der Waals surface area contributed by atoms with E-state index < -0.39 is 39.5 Å². The van der Waals surface area contributed by atoms with Crippen molar-refractivity contribution in [1.29, 1.82) is 0 Å². The standard InChI is InChI=1S/C21H19F6N2O5S/c1-2-33-14-6-4-3-5-13(14)29(34-19(32)21(25,26)27)11-9-28(10-12-29)18(31)16-8-7-15(35-16)17(30)20(22,23)24/h3-8H,2,9-12H2,1H3/q+1. The van der Waals surface area contributed by atoms with Gasteiger partial charge in [-0.1, -0.05) is 16.8 Å². The molecule has 14 heteroatoms. The Morgan fingerprint density at radius 2 is 1.54 bits per heavy atom. The van der Waals surface area contributed by atoms with Crippen molar-refractivity contribution in [3.8, 4) is 5.75 Å². The molecule has 1 aromatic heterocycles. The van der Waals surface area contributed by atoms with E-state index in [0.717, 1.165) is 12.1 Å². The van der Waals surface area contributed by atoms with Crippen molar-refractivity contribution in [2.75, 3.05) is 32.8 Å². The van der Waals surface area contributed by atoms with E-state index in [1.54, 1.807) is 13.0 Å². The van der Waals surface area contributed by atoms with Crippen LogP contribution in [0, 0.1) is 0 Å². The van der Waals surface area contributed by atoms with Gasteiger partial charge in [-0.05, 0) is 25.1 Å². The number of para-hydroxylation sites is 2. The predicted molar refractivity (Wildman–Crippen MR) is 112 cm³/mol. The molecule has 1 aliphatic rings. The van der Waals surface area contributed by atoms with Crippen molar-refractivity contribution in [2.24, 2.45) is 0 Å². The van der Waals surface area contributed by atoms with Crippen LogP contribution in [0.5, 0.6) is 5.75 Å². The first-order valence-electron chi connectivity index (χ1n) is 10.2. The Bertz CT molecular complexity index is 1110. The van der Waals surface area contributed by atoms with Crippen molar-refractivity contribution >= 4 is 34.7 Å². The molecule has 2 heterocycles. The molecule has 0 unspecified atom stereocenters. The van der Waals surface area contributed by atoms with Crippen molar-refractivity contribution in [3.63, 3.8) is 0 Å². The molecule has 1 saturated heterocycles. The molecule has 2 aromatic rings. The summed E-state index contributed by atoms with van der Waals surface area (Å²) in [5.41, 5.74) is 0.147. The monoisotopic (exact) mass is 525 g/mol. The van der Waals surface area contributed by atoms with E-state index in [1.807, 2.05) is 0 Å². The predicted octanol–water partition coefficient (Wildman–Crippen LogP) is 4.38. The van der Waals surface area contributed by atoms with Crippen LogP contribution in [0.1, 0.15) is 26.3 Å². The molecular formula is C21H19F6N2O5S+. The van der Waals surface area contributed by atoms with Gasteiger partial charge in [-0.2, -0.15) is 26.3 Å². The Hall–Kier alpha value is -3.13. The van der Waals surface area contributed by atoms with Crippen molar-refractivity contribution in [3.05, 3.63) is 46.2 Å². The van der Waals surface area contributed by atoms with Crippen LogP contribution in [0.3, 0.4) is 0 Å². The van der Waals surface area contributed by atoms with Gasteiger partial charge in [0.15, 0.2) is 5.75 Å². The first-order valence-corrected chi connectivity index (χ1v) is 11.0. The number of piperazine rings is 1. The fraction of sp³-hybridized carbons (Fsp3) is 0.381. The van der Waals surface area contributed by atoms with Gasteiger partial charge in [0.25, 0.3) is 11.7 Å². The molecule has 0 bridgehead atoms. The number of benzene rings is 1. The van der Waals surface area contributed by atoms with Crippen molar-refractivity contribution in [2.45, 2.75) is 19.3 Å². The second-order valence-electron chi connectivity index (χ2n) is 7.40. The van der Waals surface area contributed by atoms with Gasteiger partial charge in [-0.15, -0.1) is 11.3 Å². The first-order chi connectivity index (χ1) is 16.3. The smallest absolute Gasteiger partial charge is 0.488 e. The summed E-state index contributed by atoms with van der Waals surface area (Å²) in [5.74, 6) is -5.01. The maximum absolute atomic E-state index is 13.0. The number of Topliss-reactive ketones (excluding diaryl/α,β-unsaturated/α-hetero) is 1. The number of ketones is 1. The zero-order valence-corrected chi connectivity index (χ0v) is 18.9. The summed E-state index contributed by atoms with van der Waals surface area (Å²) in [6.07, 6.45) is -10.4. The number of alkyl halides is 6.